The SMILES string of the molecule is Cc1ccc2nc(N3CCC(NC4CCCCC4)CC3)c(-c3ccc(C)o3)cc2c1. The molecule has 158 valence electrons. The van der Waals surface area contributed by atoms with Crippen LogP contribution in [0.15, 0.2) is 40.8 Å². The van der Waals surface area contributed by atoms with Gasteiger partial charge in [-0.05, 0) is 69.9 Å². The van der Waals surface area contributed by atoms with Gasteiger partial charge in [0.1, 0.15) is 17.3 Å². The predicted molar refractivity (Wildman–Crippen MR) is 124 cm³/mol. The average molecular weight is 404 g/mol. The van der Waals surface area contributed by atoms with E-state index in [1.807, 2.05) is 13.0 Å². The molecular weight excluding hydrogens is 370 g/mol. The number of furan rings is 1. The van der Waals surface area contributed by atoms with Gasteiger partial charge in [0.15, 0.2) is 0 Å². The molecule has 1 aliphatic carbocycles. The van der Waals surface area contributed by atoms with Crippen LogP contribution in [0.2, 0.25) is 0 Å². The van der Waals surface area contributed by atoms with Crippen LogP contribution in [0.5, 0.6) is 0 Å². The highest BCUT2D eigenvalue weighted by Gasteiger charge is 2.26. The van der Waals surface area contributed by atoms with E-state index in [9.17, 15) is 0 Å². The van der Waals surface area contributed by atoms with E-state index in [0.717, 1.165) is 47.5 Å². The lowest BCUT2D eigenvalue weighted by molar-refractivity contribution is 0.307. The Morgan fingerprint density at radius 2 is 1.67 bits per heavy atom. The van der Waals surface area contributed by atoms with E-state index in [1.165, 1.54) is 55.9 Å². The van der Waals surface area contributed by atoms with Gasteiger partial charge in [-0.3, -0.25) is 0 Å². The van der Waals surface area contributed by atoms with Crippen LogP contribution in [0.25, 0.3) is 22.2 Å². The number of pyridine rings is 1. The van der Waals surface area contributed by atoms with E-state index in [2.05, 4.69) is 47.5 Å². The molecule has 0 bridgehead atoms. The van der Waals surface area contributed by atoms with Gasteiger partial charge in [0, 0.05) is 30.6 Å². The van der Waals surface area contributed by atoms with Gasteiger partial charge < -0.3 is 14.6 Å². The van der Waals surface area contributed by atoms with Crippen molar-refractivity contribution in [1.82, 2.24) is 10.3 Å². The van der Waals surface area contributed by atoms with Crippen LogP contribution in [-0.4, -0.2) is 30.2 Å². The number of nitrogens with one attached hydrogen (secondary N) is 1. The van der Waals surface area contributed by atoms with Crippen molar-refractivity contribution in [3.63, 3.8) is 0 Å². The van der Waals surface area contributed by atoms with E-state index >= 15 is 0 Å². The van der Waals surface area contributed by atoms with Crippen molar-refractivity contribution in [3.05, 3.63) is 47.7 Å². The minimum atomic E-state index is 0.641. The standard InChI is InChI=1S/C26H33N3O/c1-18-8-10-24-20(16-18)17-23(25-11-9-19(2)30-25)26(28-24)29-14-12-22(13-15-29)27-21-6-4-3-5-7-21/h8-11,16-17,21-22,27H,3-7,12-15H2,1-2H3. The molecule has 1 aromatic carbocycles. The molecule has 1 saturated heterocycles. The first kappa shape index (κ1) is 19.6. The Morgan fingerprint density at radius 3 is 2.40 bits per heavy atom. The molecule has 4 heteroatoms. The predicted octanol–water partition coefficient (Wildman–Crippen LogP) is 6.00. The zero-order chi connectivity index (χ0) is 20.5. The maximum Gasteiger partial charge on any atom is 0.140 e. The minimum absolute atomic E-state index is 0.641. The second-order valence-corrected chi connectivity index (χ2v) is 9.23. The number of fused-ring (bicyclic) bond motifs is 1. The number of nitrogens with zero attached hydrogens (tertiary/aromatic N) is 2. The zero-order valence-corrected chi connectivity index (χ0v) is 18.3. The largest absolute Gasteiger partial charge is 0.461 e. The van der Waals surface area contributed by atoms with Crippen LogP contribution in [0.3, 0.4) is 0 Å². The molecule has 2 aromatic heterocycles. The minimum Gasteiger partial charge on any atom is -0.461 e. The van der Waals surface area contributed by atoms with E-state index in [4.69, 9.17) is 9.40 Å². The smallest absolute Gasteiger partial charge is 0.140 e. The van der Waals surface area contributed by atoms with E-state index in [1.54, 1.807) is 0 Å². The van der Waals surface area contributed by atoms with Crippen molar-refractivity contribution in [2.24, 2.45) is 0 Å². The number of aryl methyl sites for hydroxylation is 2. The zero-order valence-electron chi connectivity index (χ0n) is 18.3. The maximum absolute atomic E-state index is 6.02. The Morgan fingerprint density at radius 1 is 0.900 bits per heavy atom. The summed E-state index contributed by atoms with van der Waals surface area (Å²) in [6, 6.07) is 14.3. The molecule has 0 radical (unpaired) electrons. The molecule has 0 amide bonds. The van der Waals surface area contributed by atoms with E-state index < -0.39 is 0 Å². The summed E-state index contributed by atoms with van der Waals surface area (Å²) in [5.74, 6) is 2.92. The summed E-state index contributed by atoms with van der Waals surface area (Å²) in [5.41, 5.74) is 3.43. The summed E-state index contributed by atoms with van der Waals surface area (Å²) in [4.78, 5) is 7.58. The highest BCUT2D eigenvalue weighted by Crippen LogP contribution is 2.35. The quantitative estimate of drug-likeness (QED) is 0.580. The van der Waals surface area contributed by atoms with Crippen LogP contribution in [0.4, 0.5) is 5.82 Å². The summed E-state index contributed by atoms with van der Waals surface area (Å²) >= 11 is 0. The van der Waals surface area contributed by atoms with Crippen LogP contribution in [0.1, 0.15) is 56.3 Å². The molecule has 0 atom stereocenters. The van der Waals surface area contributed by atoms with Crippen molar-refractivity contribution in [3.8, 4) is 11.3 Å². The third-order valence-corrected chi connectivity index (χ3v) is 6.83. The second-order valence-electron chi connectivity index (χ2n) is 9.23. The van der Waals surface area contributed by atoms with Gasteiger partial charge >= 0.3 is 0 Å². The van der Waals surface area contributed by atoms with Gasteiger partial charge in [-0.15, -0.1) is 0 Å². The normalized spacial score (nSPS) is 18.9. The lowest BCUT2D eigenvalue weighted by atomic mass is 9.93. The third kappa shape index (κ3) is 4.11. The number of rotatable bonds is 4. The summed E-state index contributed by atoms with van der Waals surface area (Å²) in [7, 11) is 0. The van der Waals surface area contributed by atoms with E-state index in [0.29, 0.717) is 6.04 Å². The lowest BCUT2D eigenvalue weighted by Crippen LogP contribution is -2.47. The Labute approximate surface area is 179 Å². The number of hydrogen-bond acceptors (Lipinski definition) is 4. The van der Waals surface area contributed by atoms with E-state index in [-0.39, 0.29) is 0 Å². The fourth-order valence-electron chi connectivity index (χ4n) is 5.15. The third-order valence-electron chi connectivity index (χ3n) is 6.83. The van der Waals surface area contributed by atoms with Gasteiger partial charge in [0.25, 0.3) is 0 Å². The molecule has 3 heterocycles. The second kappa shape index (κ2) is 8.43. The van der Waals surface area contributed by atoms with Crippen molar-refractivity contribution in [1.29, 1.82) is 0 Å². The molecular formula is C26H33N3O. The van der Waals surface area contributed by atoms with Gasteiger partial charge in [-0.25, -0.2) is 4.98 Å². The maximum atomic E-state index is 6.02. The summed E-state index contributed by atoms with van der Waals surface area (Å²) in [6.45, 7) is 6.22. The number of anilines is 1. The molecule has 0 unspecified atom stereocenters. The number of hydrogen-bond donors (Lipinski definition) is 1. The molecule has 30 heavy (non-hydrogen) atoms. The van der Waals surface area contributed by atoms with Crippen LogP contribution in [0, 0.1) is 13.8 Å². The van der Waals surface area contributed by atoms with Crippen molar-refractivity contribution in [2.75, 3.05) is 18.0 Å². The molecule has 1 aliphatic heterocycles. The highest BCUT2D eigenvalue weighted by atomic mass is 16.3. The molecule has 5 rings (SSSR count). The van der Waals surface area contributed by atoms with Gasteiger partial charge in [-0.2, -0.15) is 0 Å². The molecule has 1 N–H and O–H groups in total. The Balaban J connectivity index is 1.40. The monoisotopic (exact) mass is 403 g/mol. The Hall–Kier alpha value is -2.33. The molecule has 3 aromatic rings. The molecule has 0 spiro atoms. The first-order valence-electron chi connectivity index (χ1n) is 11.6. The first-order valence-corrected chi connectivity index (χ1v) is 11.6. The average Bonchev–Trinajstić information content (AvgIpc) is 3.20. The molecule has 2 fully saturated rings. The fourth-order valence-corrected chi connectivity index (χ4v) is 5.15. The number of aromatic nitrogens is 1. The topological polar surface area (TPSA) is 41.3 Å². The fraction of sp³-hybridized carbons (Fsp3) is 0.500. The Bertz CT molecular complexity index is 1010. The van der Waals surface area contributed by atoms with Gasteiger partial charge in [0.2, 0.25) is 0 Å². The van der Waals surface area contributed by atoms with Crippen LogP contribution in [-0.2, 0) is 0 Å². The van der Waals surface area contributed by atoms with Crippen molar-refractivity contribution < 1.29 is 4.42 Å². The number of benzene rings is 1. The molecule has 4 nitrogen and oxygen atoms in total. The molecule has 2 aliphatic rings. The summed E-state index contributed by atoms with van der Waals surface area (Å²) < 4.78 is 6.02. The van der Waals surface area contributed by atoms with Gasteiger partial charge in [-0.1, -0.05) is 30.9 Å². The van der Waals surface area contributed by atoms with Crippen LogP contribution >= 0.6 is 0 Å². The summed E-state index contributed by atoms with van der Waals surface area (Å²) in [6.07, 6.45) is 9.27. The van der Waals surface area contributed by atoms with Crippen LogP contribution < -0.4 is 10.2 Å². The number of piperidine rings is 1. The molecule has 1 saturated carbocycles. The summed E-state index contributed by atoms with van der Waals surface area (Å²) in [5, 5.41) is 5.13. The van der Waals surface area contributed by atoms with Crippen molar-refractivity contribution in [2.45, 2.75) is 70.9 Å². The van der Waals surface area contributed by atoms with Crippen molar-refractivity contribution >= 4 is 16.7 Å². The first-order chi connectivity index (χ1) is 14.7. The lowest BCUT2D eigenvalue weighted by Gasteiger charge is -2.36. The Kier molecular flexibility index (Phi) is 5.51. The van der Waals surface area contributed by atoms with Gasteiger partial charge in [0.05, 0.1) is 11.1 Å². The highest BCUT2D eigenvalue weighted by molar-refractivity contribution is 5.89.